The quantitative estimate of drug-likeness (QED) is 0.516. The van der Waals surface area contributed by atoms with E-state index in [1.54, 1.807) is 18.2 Å². The highest BCUT2D eigenvalue weighted by Gasteiger charge is 2.42. The third kappa shape index (κ3) is 5.85. The van der Waals surface area contributed by atoms with Crippen LogP contribution in [0.15, 0.2) is 18.2 Å². The number of carbonyl (C=O) groups is 3. The molecule has 0 bridgehead atoms. The minimum Gasteiger partial charge on any atom is -0.493 e. The zero-order chi connectivity index (χ0) is 20.4. The van der Waals surface area contributed by atoms with Gasteiger partial charge in [-0.05, 0) is 30.5 Å². The molecule has 27 heavy (non-hydrogen) atoms. The summed E-state index contributed by atoms with van der Waals surface area (Å²) in [7, 11) is 3.06. The summed E-state index contributed by atoms with van der Waals surface area (Å²) < 4.78 is 10.4. The number of carbonyl (C=O) groups excluding carboxylic acids is 1. The largest absolute Gasteiger partial charge is 0.493 e. The van der Waals surface area contributed by atoms with E-state index in [2.05, 4.69) is 5.32 Å². The highest BCUT2D eigenvalue weighted by Crippen LogP contribution is 2.32. The standard InChI is InChI=1S/C17H24N2O5.CH2O2/c1-23-13-6-5-11(9-14(13)24-2)12(18)10-15(20)19-17(16(21)22)7-3-4-8-17;2-1-3/h5-6,9,12H,3-4,7-8,10,18H2,1-2H3,(H,19,20)(H,21,22);1H,(H,2,3). The van der Waals surface area contributed by atoms with Crippen molar-refractivity contribution < 1.29 is 34.1 Å². The van der Waals surface area contributed by atoms with Crippen LogP contribution in [0.5, 0.6) is 11.5 Å². The smallest absolute Gasteiger partial charge is 0.329 e. The molecular weight excluding hydrogens is 356 g/mol. The average molecular weight is 382 g/mol. The second-order valence-electron chi connectivity index (χ2n) is 6.17. The van der Waals surface area contributed by atoms with Gasteiger partial charge in [-0.1, -0.05) is 18.9 Å². The number of amides is 1. The molecule has 0 spiro atoms. The molecule has 1 aliphatic rings. The van der Waals surface area contributed by atoms with Crippen LogP contribution in [0.2, 0.25) is 0 Å². The maximum atomic E-state index is 12.3. The van der Waals surface area contributed by atoms with E-state index in [1.807, 2.05) is 0 Å². The molecule has 1 unspecified atom stereocenters. The molecule has 5 N–H and O–H groups in total. The molecule has 2 rings (SSSR count). The van der Waals surface area contributed by atoms with Gasteiger partial charge in [0.2, 0.25) is 5.91 Å². The lowest BCUT2D eigenvalue weighted by Gasteiger charge is -2.26. The Hall–Kier alpha value is -2.81. The van der Waals surface area contributed by atoms with Gasteiger partial charge >= 0.3 is 5.97 Å². The molecule has 1 aliphatic carbocycles. The van der Waals surface area contributed by atoms with Crippen molar-refractivity contribution in [1.29, 1.82) is 0 Å². The first-order valence-corrected chi connectivity index (χ1v) is 8.43. The van der Waals surface area contributed by atoms with Gasteiger partial charge in [-0.25, -0.2) is 4.79 Å². The van der Waals surface area contributed by atoms with Crippen molar-refractivity contribution in [3.8, 4) is 11.5 Å². The molecule has 0 heterocycles. The van der Waals surface area contributed by atoms with Crippen molar-refractivity contribution in [2.24, 2.45) is 5.73 Å². The lowest BCUT2D eigenvalue weighted by Crippen LogP contribution is -2.52. The molecule has 1 saturated carbocycles. The summed E-state index contributed by atoms with van der Waals surface area (Å²) in [6.45, 7) is -0.250. The number of methoxy groups -OCH3 is 2. The van der Waals surface area contributed by atoms with Crippen LogP contribution in [0.1, 0.15) is 43.7 Å². The van der Waals surface area contributed by atoms with Crippen LogP contribution in [0.25, 0.3) is 0 Å². The van der Waals surface area contributed by atoms with Crippen LogP contribution in [-0.4, -0.2) is 48.3 Å². The zero-order valence-electron chi connectivity index (χ0n) is 15.4. The fraction of sp³-hybridized carbons (Fsp3) is 0.500. The molecule has 1 aromatic carbocycles. The summed E-state index contributed by atoms with van der Waals surface area (Å²) in [4.78, 5) is 32.1. The first kappa shape index (κ1) is 22.2. The van der Waals surface area contributed by atoms with Crippen LogP contribution >= 0.6 is 0 Å². The van der Waals surface area contributed by atoms with E-state index in [4.69, 9.17) is 25.1 Å². The fourth-order valence-corrected chi connectivity index (χ4v) is 3.09. The Morgan fingerprint density at radius 3 is 2.30 bits per heavy atom. The van der Waals surface area contributed by atoms with E-state index in [-0.39, 0.29) is 18.8 Å². The molecule has 1 atom stereocenters. The van der Waals surface area contributed by atoms with Gasteiger partial charge in [-0.2, -0.15) is 0 Å². The van der Waals surface area contributed by atoms with E-state index in [0.29, 0.717) is 24.3 Å². The molecule has 1 fully saturated rings. The summed E-state index contributed by atoms with van der Waals surface area (Å²) in [5.74, 6) is -0.230. The van der Waals surface area contributed by atoms with E-state index in [1.165, 1.54) is 14.2 Å². The molecule has 0 saturated heterocycles. The lowest BCUT2D eigenvalue weighted by atomic mass is 9.96. The van der Waals surface area contributed by atoms with E-state index >= 15 is 0 Å². The van der Waals surface area contributed by atoms with Gasteiger partial charge in [0.05, 0.1) is 14.2 Å². The molecule has 0 aliphatic heterocycles. The Kier molecular flexibility index (Phi) is 8.53. The van der Waals surface area contributed by atoms with Gasteiger partial charge < -0.3 is 30.7 Å². The Morgan fingerprint density at radius 2 is 1.81 bits per heavy atom. The van der Waals surface area contributed by atoms with Gasteiger partial charge in [-0.3, -0.25) is 9.59 Å². The summed E-state index contributed by atoms with van der Waals surface area (Å²) in [5, 5.41) is 19.0. The Labute approximate surface area is 157 Å². The second-order valence-corrected chi connectivity index (χ2v) is 6.17. The predicted molar refractivity (Wildman–Crippen MR) is 96.8 cm³/mol. The average Bonchev–Trinajstić information content (AvgIpc) is 3.11. The Bertz CT molecular complexity index is 657. The number of carboxylic acid groups (broad SMARTS) is 2. The molecule has 150 valence electrons. The number of nitrogens with one attached hydrogen (secondary N) is 1. The summed E-state index contributed by atoms with van der Waals surface area (Å²) in [6.07, 6.45) is 2.52. The Balaban J connectivity index is 0.00000114. The van der Waals surface area contributed by atoms with Crippen LogP contribution in [0.4, 0.5) is 0 Å². The summed E-state index contributed by atoms with van der Waals surface area (Å²) >= 11 is 0. The maximum Gasteiger partial charge on any atom is 0.329 e. The molecule has 0 radical (unpaired) electrons. The highest BCUT2D eigenvalue weighted by molar-refractivity contribution is 5.87. The normalized spacial score (nSPS) is 15.7. The molecule has 1 amide bonds. The fourth-order valence-electron chi connectivity index (χ4n) is 3.09. The number of rotatable bonds is 7. The van der Waals surface area contributed by atoms with Gasteiger partial charge in [0.25, 0.3) is 6.47 Å². The number of hydrogen-bond acceptors (Lipinski definition) is 6. The number of nitrogens with two attached hydrogens (primary N) is 1. The van der Waals surface area contributed by atoms with Crippen molar-refractivity contribution in [1.82, 2.24) is 5.32 Å². The minimum absolute atomic E-state index is 0.00448. The van der Waals surface area contributed by atoms with Crippen molar-refractivity contribution in [3.05, 3.63) is 23.8 Å². The molecule has 9 nitrogen and oxygen atoms in total. The number of carboxylic acids is 1. The molecular formula is C18H26N2O7. The topological polar surface area (TPSA) is 148 Å². The van der Waals surface area contributed by atoms with Gasteiger partial charge in [-0.15, -0.1) is 0 Å². The summed E-state index contributed by atoms with van der Waals surface area (Å²) in [5.41, 5.74) is 5.68. The second kappa shape index (κ2) is 10.4. The molecule has 1 aromatic rings. The van der Waals surface area contributed by atoms with E-state index in [9.17, 15) is 14.7 Å². The summed E-state index contributed by atoms with van der Waals surface area (Å²) in [6, 6.07) is 4.65. The number of ether oxygens (including phenoxy) is 2. The van der Waals surface area contributed by atoms with Crippen LogP contribution < -0.4 is 20.5 Å². The van der Waals surface area contributed by atoms with Gasteiger partial charge in [0.15, 0.2) is 11.5 Å². The predicted octanol–water partition coefficient (Wildman–Crippen LogP) is 1.31. The third-order valence-electron chi connectivity index (χ3n) is 4.49. The van der Waals surface area contributed by atoms with E-state index in [0.717, 1.165) is 18.4 Å². The number of aliphatic carboxylic acids is 1. The van der Waals surface area contributed by atoms with Crippen molar-refractivity contribution >= 4 is 18.3 Å². The van der Waals surface area contributed by atoms with Crippen molar-refractivity contribution in [2.75, 3.05) is 14.2 Å². The van der Waals surface area contributed by atoms with Crippen molar-refractivity contribution in [3.63, 3.8) is 0 Å². The van der Waals surface area contributed by atoms with Gasteiger partial charge in [0.1, 0.15) is 5.54 Å². The zero-order valence-corrected chi connectivity index (χ0v) is 15.4. The monoisotopic (exact) mass is 382 g/mol. The van der Waals surface area contributed by atoms with E-state index < -0.39 is 17.6 Å². The first-order valence-electron chi connectivity index (χ1n) is 8.43. The number of benzene rings is 1. The molecule has 9 heteroatoms. The Morgan fingerprint density at radius 1 is 1.26 bits per heavy atom. The van der Waals surface area contributed by atoms with Crippen LogP contribution in [0.3, 0.4) is 0 Å². The molecule has 0 aromatic heterocycles. The van der Waals surface area contributed by atoms with Crippen LogP contribution in [0, 0.1) is 0 Å². The van der Waals surface area contributed by atoms with Crippen LogP contribution in [-0.2, 0) is 14.4 Å². The SMILES string of the molecule is COc1ccc(C(N)CC(=O)NC2(C(=O)O)CCCC2)cc1OC.O=CO. The lowest BCUT2D eigenvalue weighted by molar-refractivity contribution is -0.147. The first-order chi connectivity index (χ1) is 12.8. The minimum atomic E-state index is -1.14. The third-order valence-corrected chi connectivity index (χ3v) is 4.49. The van der Waals surface area contributed by atoms with Gasteiger partial charge in [0, 0.05) is 12.5 Å². The highest BCUT2D eigenvalue weighted by atomic mass is 16.5. The number of hydrogen-bond donors (Lipinski definition) is 4. The maximum absolute atomic E-state index is 12.3. The van der Waals surface area contributed by atoms with Crippen molar-refractivity contribution in [2.45, 2.75) is 43.7 Å².